The Kier molecular flexibility index (Phi) is 4.64. The molecule has 1 saturated heterocycles. The van der Waals surface area contributed by atoms with Gasteiger partial charge in [-0.05, 0) is 94.4 Å². The number of benzene rings is 1. The van der Waals surface area contributed by atoms with E-state index in [4.69, 9.17) is 5.73 Å². The van der Waals surface area contributed by atoms with Gasteiger partial charge in [-0.1, -0.05) is 12.1 Å². The lowest BCUT2D eigenvalue weighted by molar-refractivity contribution is 0.199. The van der Waals surface area contributed by atoms with Gasteiger partial charge in [-0.15, -0.1) is 0 Å². The fourth-order valence-corrected chi connectivity index (χ4v) is 3.38. The molecule has 106 valence electrons. The smallest absolute Gasteiger partial charge is 0.000545 e. The van der Waals surface area contributed by atoms with Crippen molar-refractivity contribution in [1.82, 2.24) is 4.90 Å². The van der Waals surface area contributed by atoms with Crippen molar-refractivity contribution in [3.05, 3.63) is 34.4 Å². The van der Waals surface area contributed by atoms with E-state index in [9.17, 15) is 0 Å². The van der Waals surface area contributed by atoms with Gasteiger partial charge in [0.15, 0.2) is 0 Å². The third kappa shape index (κ3) is 3.01. The number of likely N-dealkylation sites (tertiary alicyclic amines) is 1. The Hall–Kier alpha value is -0.860. The van der Waals surface area contributed by atoms with Crippen LogP contribution in [0.4, 0.5) is 0 Å². The van der Waals surface area contributed by atoms with E-state index < -0.39 is 0 Å². The Bertz CT molecular complexity index is 431. The van der Waals surface area contributed by atoms with Crippen molar-refractivity contribution in [3.8, 4) is 0 Å². The highest BCUT2D eigenvalue weighted by Crippen LogP contribution is 2.34. The number of nitrogens with two attached hydrogens (primary N) is 1. The van der Waals surface area contributed by atoms with Crippen molar-refractivity contribution < 1.29 is 0 Å². The summed E-state index contributed by atoms with van der Waals surface area (Å²) in [7, 11) is 2.22. The molecular formula is C17H28N2. The van der Waals surface area contributed by atoms with E-state index in [2.05, 4.69) is 44.9 Å². The second-order valence-corrected chi connectivity index (χ2v) is 6.20. The molecule has 0 radical (unpaired) electrons. The average Bonchev–Trinajstić information content (AvgIpc) is 2.41. The summed E-state index contributed by atoms with van der Waals surface area (Å²) < 4.78 is 0. The molecule has 19 heavy (non-hydrogen) atoms. The van der Waals surface area contributed by atoms with Gasteiger partial charge in [-0.3, -0.25) is 0 Å². The first-order chi connectivity index (χ1) is 9.04. The van der Waals surface area contributed by atoms with Crippen molar-refractivity contribution in [1.29, 1.82) is 0 Å². The zero-order chi connectivity index (χ0) is 14.0. The van der Waals surface area contributed by atoms with Gasteiger partial charge in [0.1, 0.15) is 0 Å². The van der Waals surface area contributed by atoms with Crippen LogP contribution in [-0.2, 0) is 0 Å². The molecule has 1 fully saturated rings. The van der Waals surface area contributed by atoms with Gasteiger partial charge in [-0.2, -0.15) is 0 Å². The fraction of sp³-hybridized carbons (Fsp3) is 0.647. The van der Waals surface area contributed by atoms with E-state index in [0.29, 0.717) is 5.92 Å². The van der Waals surface area contributed by atoms with Gasteiger partial charge in [0.25, 0.3) is 0 Å². The Labute approximate surface area is 118 Å². The maximum absolute atomic E-state index is 6.11. The molecule has 2 heteroatoms. The highest BCUT2D eigenvalue weighted by Gasteiger charge is 2.26. The molecular weight excluding hydrogens is 232 g/mol. The van der Waals surface area contributed by atoms with Crippen LogP contribution in [0, 0.1) is 26.7 Å². The molecule has 1 atom stereocenters. The first kappa shape index (κ1) is 14.5. The van der Waals surface area contributed by atoms with Gasteiger partial charge < -0.3 is 10.6 Å². The van der Waals surface area contributed by atoms with Crippen LogP contribution in [0.15, 0.2) is 12.1 Å². The second kappa shape index (κ2) is 6.06. The fourth-order valence-electron chi connectivity index (χ4n) is 3.38. The van der Waals surface area contributed by atoms with Crippen LogP contribution in [0.5, 0.6) is 0 Å². The number of rotatable bonds is 3. The summed E-state index contributed by atoms with van der Waals surface area (Å²) in [6.07, 6.45) is 2.56. The predicted octanol–water partition coefficient (Wildman–Crippen LogP) is 3.00. The zero-order valence-corrected chi connectivity index (χ0v) is 12.9. The van der Waals surface area contributed by atoms with Crippen LogP contribution in [0.2, 0.25) is 0 Å². The third-order valence-electron chi connectivity index (χ3n) is 5.09. The van der Waals surface area contributed by atoms with E-state index in [1.54, 1.807) is 0 Å². The summed E-state index contributed by atoms with van der Waals surface area (Å²) in [4.78, 5) is 2.43. The molecule has 1 heterocycles. The molecule has 1 unspecified atom stereocenters. The van der Waals surface area contributed by atoms with E-state index in [-0.39, 0.29) is 0 Å². The second-order valence-electron chi connectivity index (χ2n) is 6.20. The minimum absolute atomic E-state index is 0.535. The molecule has 0 aliphatic carbocycles. The topological polar surface area (TPSA) is 29.3 Å². The Morgan fingerprint density at radius 2 is 1.79 bits per heavy atom. The van der Waals surface area contributed by atoms with Crippen LogP contribution in [0.25, 0.3) is 0 Å². The van der Waals surface area contributed by atoms with E-state index in [1.165, 1.54) is 48.2 Å². The Balaban J connectivity index is 2.25. The molecule has 1 aromatic rings. The zero-order valence-electron chi connectivity index (χ0n) is 12.9. The van der Waals surface area contributed by atoms with Gasteiger partial charge in [0.2, 0.25) is 0 Å². The van der Waals surface area contributed by atoms with Gasteiger partial charge in [-0.25, -0.2) is 0 Å². The maximum atomic E-state index is 6.11. The number of nitrogens with zero attached hydrogens (tertiary/aromatic N) is 1. The summed E-state index contributed by atoms with van der Waals surface area (Å²) in [5.41, 5.74) is 11.9. The van der Waals surface area contributed by atoms with Crippen LogP contribution in [0.3, 0.4) is 0 Å². The Morgan fingerprint density at radius 1 is 1.16 bits per heavy atom. The quantitative estimate of drug-likeness (QED) is 0.905. The van der Waals surface area contributed by atoms with Crippen molar-refractivity contribution >= 4 is 0 Å². The highest BCUT2D eigenvalue weighted by atomic mass is 15.1. The predicted molar refractivity (Wildman–Crippen MR) is 82.7 cm³/mol. The summed E-state index contributed by atoms with van der Waals surface area (Å²) in [6, 6.07) is 4.57. The van der Waals surface area contributed by atoms with Crippen LogP contribution < -0.4 is 5.73 Å². The average molecular weight is 260 g/mol. The normalized spacial score (nSPS) is 19.6. The summed E-state index contributed by atoms with van der Waals surface area (Å²) in [5.74, 6) is 1.29. The molecule has 0 bridgehead atoms. The number of hydrogen-bond donors (Lipinski definition) is 1. The number of aryl methyl sites for hydroxylation is 1. The standard InChI is InChI=1S/C17H28N2/c1-12-5-6-16(14(3)13(12)2)17(11-18)15-7-9-19(4)10-8-15/h5-6,15,17H,7-11,18H2,1-4H3. The van der Waals surface area contributed by atoms with Crippen LogP contribution in [-0.4, -0.2) is 31.6 Å². The lowest BCUT2D eigenvalue weighted by atomic mass is 9.77. The third-order valence-corrected chi connectivity index (χ3v) is 5.09. The lowest BCUT2D eigenvalue weighted by Crippen LogP contribution is -2.35. The molecule has 0 saturated carbocycles. The highest BCUT2D eigenvalue weighted by molar-refractivity contribution is 5.41. The minimum atomic E-state index is 0.535. The minimum Gasteiger partial charge on any atom is -0.330 e. The first-order valence-electron chi connectivity index (χ1n) is 7.50. The summed E-state index contributed by atoms with van der Waals surface area (Å²) in [5, 5.41) is 0. The number of hydrogen-bond acceptors (Lipinski definition) is 2. The largest absolute Gasteiger partial charge is 0.330 e. The van der Waals surface area contributed by atoms with Gasteiger partial charge >= 0.3 is 0 Å². The first-order valence-corrected chi connectivity index (χ1v) is 7.50. The molecule has 1 aliphatic rings. The molecule has 1 aromatic carbocycles. The molecule has 1 aliphatic heterocycles. The van der Waals surface area contributed by atoms with Gasteiger partial charge in [0.05, 0.1) is 0 Å². The summed E-state index contributed by atoms with van der Waals surface area (Å²) in [6.45, 7) is 9.89. The van der Waals surface area contributed by atoms with Crippen molar-refractivity contribution in [3.63, 3.8) is 0 Å². The molecule has 2 rings (SSSR count). The maximum Gasteiger partial charge on any atom is -0.000545 e. The van der Waals surface area contributed by atoms with E-state index in [1.807, 2.05) is 0 Å². The van der Waals surface area contributed by atoms with Crippen LogP contribution >= 0.6 is 0 Å². The Morgan fingerprint density at radius 3 is 2.37 bits per heavy atom. The van der Waals surface area contributed by atoms with Gasteiger partial charge in [0, 0.05) is 0 Å². The van der Waals surface area contributed by atoms with Crippen molar-refractivity contribution in [2.45, 2.75) is 39.5 Å². The van der Waals surface area contributed by atoms with Crippen molar-refractivity contribution in [2.75, 3.05) is 26.7 Å². The summed E-state index contributed by atoms with van der Waals surface area (Å²) >= 11 is 0. The molecule has 0 amide bonds. The lowest BCUT2D eigenvalue weighted by Gasteiger charge is -2.35. The molecule has 0 spiro atoms. The molecule has 2 N–H and O–H groups in total. The van der Waals surface area contributed by atoms with Crippen LogP contribution in [0.1, 0.15) is 41.0 Å². The van der Waals surface area contributed by atoms with E-state index >= 15 is 0 Å². The monoisotopic (exact) mass is 260 g/mol. The number of piperidine rings is 1. The van der Waals surface area contributed by atoms with Crippen molar-refractivity contribution in [2.24, 2.45) is 11.7 Å². The molecule has 2 nitrogen and oxygen atoms in total. The molecule has 0 aromatic heterocycles. The van der Waals surface area contributed by atoms with E-state index in [0.717, 1.165) is 12.5 Å². The SMILES string of the molecule is Cc1ccc(C(CN)C2CCN(C)CC2)c(C)c1C.